The van der Waals surface area contributed by atoms with Crippen molar-refractivity contribution in [2.75, 3.05) is 6.54 Å². The lowest BCUT2D eigenvalue weighted by atomic mass is 9.94. The Morgan fingerprint density at radius 2 is 1.85 bits per heavy atom. The van der Waals surface area contributed by atoms with Crippen molar-refractivity contribution in [2.24, 2.45) is 5.92 Å². The molecule has 0 spiro atoms. The normalized spacial score (nSPS) is 12.7. The molecule has 110 valence electrons. The van der Waals surface area contributed by atoms with Gasteiger partial charge in [0.25, 0.3) is 0 Å². The van der Waals surface area contributed by atoms with E-state index in [-0.39, 0.29) is 18.4 Å². The van der Waals surface area contributed by atoms with Crippen LogP contribution in [-0.2, 0) is 4.79 Å². The molecule has 0 atom stereocenters. The first-order valence-electron chi connectivity index (χ1n) is 6.98. The minimum absolute atomic E-state index is 0.170. The average Bonchev–Trinajstić information content (AvgIpc) is 2.33. The highest BCUT2D eigenvalue weighted by Crippen LogP contribution is 2.23. The van der Waals surface area contributed by atoms with E-state index < -0.39 is 5.60 Å². The number of benzene rings is 1. The molecule has 0 aliphatic carbocycles. The lowest BCUT2D eigenvalue weighted by molar-refractivity contribution is -0.117. The molecule has 20 heavy (non-hydrogen) atoms. The van der Waals surface area contributed by atoms with Crippen molar-refractivity contribution in [3.63, 3.8) is 0 Å². The molecule has 1 amide bonds. The Labute approximate surface area is 121 Å². The smallest absolute Gasteiger partial charge is 0.244 e. The van der Waals surface area contributed by atoms with Crippen molar-refractivity contribution in [2.45, 2.75) is 40.2 Å². The van der Waals surface area contributed by atoms with E-state index in [1.165, 1.54) is 5.56 Å². The molecule has 1 rings (SSSR count). The molecule has 0 heterocycles. The van der Waals surface area contributed by atoms with Crippen molar-refractivity contribution < 1.29 is 9.90 Å². The number of hydrogen-bond acceptors (Lipinski definition) is 2. The number of carbonyl (C=O) groups excluding carboxylic acids is 1. The van der Waals surface area contributed by atoms with E-state index in [1.807, 2.05) is 31.2 Å². The molecular weight excluding hydrogens is 250 g/mol. The summed E-state index contributed by atoms with van der Waals surface area (Å²) in [4.78, 5) is 11.9. The highest BCUT2D eigenvalue weighted by molar-refractivity contribution is 5.95. The molecule has 0 bridgehead atoms. The molecule has 1 aromatic carbocycles. The summed E-state index contributed by atoms with van der Waals surface area (Å²) in [5, 5.41) is 12.3. The van der Waals surface area contributed by atoms with E-state index >= 15 is 0 Å². The van der Waals surface area contributed by atoms with Gasteiger partial charge in [0.2, 0.25) is 5.91 Å². The van der Waals surface area contributed by atoms with Gasteiger partial charge in [-0.15, -0.1) is 0 Å². The number of aliphatic hydroxyl groups is 1. The average molecular weight is 275 g/mol. The molecule has 2 N–H and O–H groups in total. The van der Waals surface area contributed by atoms with Crippen molar-refractivity contribution in [1.29, 1.82) is 0 Å². The highest BCUT2D eigenvalue weighted by Gasteiger charge is 2.14. The van der Waals surface area contributed by atoms with E-state index in [0.29, 0.717) is 0 Å². The van der Waals surface area contributed by atoms with Gasteiger partial charge in [0, 0.05) is 12.6 Å². The molecule has 0 radical (unpaired) electrons. The van der Waals surface area contributed by atoms with E-state index in [9.17, 15) is 9.90 Å². The number of aryl methyl sites for hydroxylation is 1. The largest absolute Gasteiger partial charge is 0.389 e. The Hall–Kier alpha value is -1.61. The van der Waals surface area contributed by atoms with Crippen LogP contribution in [-0.4, -0.2) is 23.2 Å². The van der Waals surface area contributed by atoms with Gasteiger partial charge in [0.1, 0.15) is 0 Å². The minimum Gasteiger partial charge on any atom is -0.389 e. The maximum Gasteiger partial charge on any atom is 0.244 e. The molecule has 0 aliphatic rings. The summed E-state index contributed by atoms with van der Waals surface area (Å²) in [6.07, 6.45) is 1.63. The van der Waals surface area contributed by atoms with Crippen LogP contribution in [0.25, 0.3) is 5.57 Å². The molecular formula is C17H25NO2. The van der Waals surface area contributed by atoms with E-state index in [4.69, 9.17) is 0 Å². The molecule has 0 unspecified atom stereocenters. The maximum absolute atomic E-state index is 11.9. The Bertz CT molecular complexity index is 479. The molecule has 0 saturated heterocycles. The summed E-state index contributed by atoms with van der Waals surface area (Å²) in [6, 6.07) is 8.15. The van der Waals surface area contributed by atoms with Gasteiger partial charge in [-0.25, -0.2) is 0 Å². The van der Waals surface area contributed by atoms with Crippen LogP contribution in [0.4, 0.5) is 0 Å². The summed E-state index contributed by atoms with van der Waals surface area (Å²) in [5.41, 5.74) is 2.36. The summed E-state index contributed by atoms with van der Waals surface area (Å²) in [6.45, 7) is 9.74. The number of rotatable bonds is 5. The van der Waals surface area contributed by atoms with Gasteiger partial charge in [-0.3, -0.25) is 4.79 Å². The number of hydrogen-bond donors (Lipinski definition) is 2. The van der Waals surface area contributed by atoms with Crippen LogP contribution in [0, 0.1) is 12.8 Å². The number of nitrogens with one attached hydrogen (secondary N) is 1. The fourth-order valence-corrected chi connectivity index (χ4v) is 1.83. The summed E-state index contributed by atoms with van der Waals surface area (Å²) < 4.78 is 0. The number of amides is 1. The van der Waals surface area contributed by atoms with Crippen molar-refractivity contribution in [3.05, 3.63) is 41.5 Å². The van der Waals surface area contributed by atoms with Gasteiger partial charge in [-0.05, 0) is 37.8 Å². The molecule has 0 aliphatic heterocycles. The van der Waals surface area contributed by atoms with Crippen LogP contribution < -0.4 is 5.32 Å². The fraction of sp³-hybridized carbons (Fsp3) is 0.471. The van der Waals surface area contributed by atoms with E-state index in [2.05, 4.69) is 19.2 Å². The van der Waals surface area contributed by atoms with Gasteiger partial charge >= 0.3 is 0 Å². The predicted octanol–water partition coefficient (Wildman–Crippen LogP) is 2.92. The zero-order valence-corrected chi connectivity index (χ0v) is 13.0. The third-order valence-corrected chi connectivity index (χ3v) is 2.99. The standard InChI is InChI=1S/C17H25NO2/c1-12(2)15(14-8-6-13(3)7-9-14)10-16(19)18-11-17(4,5)20/h6-10,12,20H,11H2,1-5H3,(H,18,19)/b15-10+. The Balaban J connectivity index is 2.88. The van der Waals surface area contributed by atoms with Crippen molar-refractivity contribution >= 4 is 11.5 Å². The van der Waals surface area contributed by atoms with Gasteiger partial charge in [0.05, 0.1) is 5.60 Å². The second-order valence-corrected chi connectivity index (χ2v) is 6.15. The fourth-order valence-electron chi connectivity index (χ4n) is 1.83. The van der Waals surface area contributed by atoms with Gasteiger partial charge in [0.15, 0.2) is 0 Å². The Morgan fingerprint density at radius 3 is 2.30 bits per heavy atom. The monoisotopic (exact) mass is 275 g/mol. The van der Waals surface area contributed by atoms with E-state index in [0.717, 1.165) is 11.1 Å². The zero-order valence-electron chi connectivity index (χ0n) is 13.0. The predicted molar refractivity (Wildman–Crippen MR) is 83.3 cm³/mol. The summed E-state index contributed by atoms with van der Waals surface area (Å²) >= 11 is 0. The lowest BCUT2D eigenvalue weighted by Gasteiger charge is -2.17. The number of carbonyl (C=O) groups is 1. The summed E-state index contributed by atoms with van der Waals surface area (Å²) in [5.74, 6) is 0.0852. The van der Waals surface area contributed by atoms with Crippen LogP contribution in [0.15, 0.2) is 30.3 Å². The SMILES string of the molecule is Cc1ccc(/C(=C/C(=O)NCC(C)(C)O)C(C)C)cc1. The molecule has 0 aromatic heterocycles. The van der Waals surface area contributed by atoms with Crippen LogP contribution in [0.2, 0.25) is 0 Å². The first-order chi connectivity index (χ1) is 9.19. The van der Waals surface area contributed by atoms with Crippen molar-refractivity contribution in [3.8, 4) is 0 Å². The molecule has 0 saturated carbocycles. The van der Waals surface area contributed by atoms with Crippen LogP contribution in [0.5, 0.6) is 0 Å². The first kappa shape index (κ1) is 16.4. The first-order valence-corrected chi connectivity index (χ1v) is 6.98. The highest BCUT2D eigenvalue weighted by atomic mass is 16.3. The zero-order chi connectivity index (χ0) is 15.3. The van der Waals surface area contributed by atoms with Crippen LogP contribution >= 0.6 is 0 Å². The second-order valence-electron chi connectivity index (χ2n) is 6.15. The Morgan fingerprint density at radius 1 is 1.30 bits per heavy atom. The second kappa shape index (κ2) is 6.71. The number of allylic oxidation sites excluding steroid dienone is 1. The minimum atomic E-state index is -0.897. The third kappa shape index (κ3) is 5.57. The molecule has 3 heteroatoms. The topological polar surface area (TPSA) is 49.3 Å². The van der Waals surface area contributed by atoms with Gasteiger partial charge in [-0.2, -0.15) is 0 Å². The molecule has 1 aromatic rings. The van der Waals surface area contributed by atoms with E-state index in [1.54, 1.807) is 19.9 Å². The third-order valence-electron chi connectivity index (χ3n) is 2.99. The van der Waals surface area contributed by atoms with Gasteiger partial charge < -0.3 is 10.4 Å². The lowest BCUT2D eigenvalue weighted by Crippen LogP contribution is -2.37. The van der Waals surface area contributed by atoms with Crippen LogP contribution in [0.3, 0.4) is 0 Å². The quantitative estimate of drug-likeness (QED) is 0.812. The summed E-state index contributed by atoms with van der Waals surface area (Å²) in [7, 11) is 0. The molecule has 3 nitrogen and oxygen atoms in total. The molecule has 0 fully saturated rings. The maximum atomic E-state index is 11.9. The van der Waals surface area contributed by atoms with Crippen LogP contribution in [0.1, 0.15) is 38.8 Å². The Kier molecular flexibility index (Phi) is 5.52. The van der Waals surface area contributed by atoms with Crippen molar-refractivity contribution in [1.82, 2.24) is 5.32 Å². The van der Waals surface area contributed by atoms with Gasteiger partial charge in [-0.1, -0.05) is 43.7 Å².